The Morgan fingerprint density at radius 3 is 2.88 bits per heavy atom. The van der Waals surface area contributed by atoms with Crippen LogP contribution in [-0.4, -0.2) is 33.0 Å². The first-order chi connectivity index (χ1) is 7.74. The molecule has 0 spiro atoms. The average Bonchev–Trinajstić information content (AvgIpc) is 2.64. The Labute approximate surface area is 109 Å². The van der Waals surface area contributed by atoms with Crippen LogP contribution in [0.2, 0.25) is 0 Å². The zero-order chi connectivity index (χ0) is 11.8. The number of rotatable bonds is 8. The van der Waals surface area contributed by atoms with E-state index in [2.05, 4.69) is 27.4 Å². The molecular weight excluding hydrogens is 290 g/mol. The molecule has 1 heterocycles. The third-order valence-corrected chi connectivity index (χ3v) is 4.15. The summed E-state index contributed by atoms with van der Waals surface area (Å²) < 4.78 is 11.4. The van der Waals surface area contributed by atoms with Gasteiger partial charge in [-0.3, -0.25) is 0 Å². The van der Waals surface area contributed by atoms with Gasteiger partial charge in [0.15, 0.2) is 0 Å². The van der Waals surface area contributed by atoms with Crippen LogP contribution in [-0.2, 0) is 15.9 Å². The summed E-state index contributed by atoms with van der Waals surface area (Å²) in [6.45, 7) is 1.99. The molecule has 1 aromatic heterocycles. The molecule has 0 fully saturated rings. The molecule has 5 heteroatoms. The third kappa shape index (κ3) is 5.41. The topological polar surface area (TPSA) is 44.5 Å². The van der Waals surface area contributed by atoms with Crippen molar-refractivity contribution < 1.29 is 9.47 Å². The highest BCUT2D eigenvalue weighted by atomic mass is 79.9. The minimum Gasteiger partial charge on any atom is -0.382 e. The number of halogens is 1. The SMILES string of the molecule is COCCOCCC(N)Cc1sccc1Br. The van der Waals surface area contributed by atoms with Crippen molar-refractivity contribution in [3.8, 4) is 0 Å². The zero-order valence-corrected chi connectivity index (χ0v) is 11.9. The van der Waals surface area contributed by atoms with E-state index in [0.717, 1.165) is 17.3 Å². The number of hydrogen-bond acceptors (Lipinski definition) is 4. The summed E-state index contributed by atoms with van der Waals surface area (Å²) in [5, 5.41) is 2.07. The molecular formula is C11H18BrNO2S. The second-order valence-electron chi connectivity index (χ2n) is 3.55. The normalized spacial score (nSPS) is 12.9. The molecule has 1 atom stereocenters. The van der Waals surface area contributed by atoms with Gasteiger partial charge in [-0.1, -0.05) is 0 Å². The Kier molecular flexibility index (Phi) is 7.23. The molecule has 0 saturated carbocycles. The van der Waals surface area contributed by atoms with Gasteiger partial charge in [0.2, 0.25) is 0 Å². The number of methoxy groups -OCH3 is 1. The van der Waals surface area contributed by atoms with E-state index < -0.39 is 0 Å². The van der Waals surface area contributed by atoms with Gasteiger partial charge >= 0.3 is 0 Å². The van der Waals surface area contributed by atoms with Gasteiger partial charge in [0.05, 0.1) is 13.2 Å². The highest BCUT2D eigenvalue weighted by Gasteiger charge is 2.08. The third-order valence-electron chi connectivity index (χ3n) is 2.20. The van der Waals surface area contributed by atoms with Gasteiger partial charge in [0.1, 0.15) is 0 Å². The number of thiophene rings is 1. The summed E-state index contributed by atoms with van der Waals surface area (Å²) >= 11 is 5.24. The maximum Gasteiger partial charge on any atom is 0.0700 e. The quantitative estimate of drug-likeness (QED) is 0.750. The van der Waals surface area contributed by atoms with Crippen LogP contribution in [0.25, 0.3) is 0 Å². The molecule has 1 aromatic rings. The van der Waals surface area contributed by atoms with Crippen molar-refractivity contribution in [2.45, 2.75) is 18.9 Å². The van der Waals surface area contributed by atoms with Crippen LogP contribution in [0.4, 0.5) is 0 Å². The minimum atomic E-state index is 0.164. The van der Waals surface area contributed by atoms with Gasteiger partial charge < -0.3 is 15.2 Å². The Bertz CT molecular complexity index is 293. The molecule has 0 aromatic carbocycles. The first-order valence-corrected chi connectivity index (χ1v) is 6.95. The van der Waals surface area contributed by atoms with Crippen molar-refractivity contribution in [2.75, 3.05) is 26.9 Å². The van der Waals surface area contributed by atoms with E-state index in [4.69, 9.17) is 15.2 Å². The van der Waals surface area contributed by atoms with Crippen LogP contribution in [0.15, 0.2) is 15.9 Å². The maximum absolute atomic E-state index is 6.02. The fourth-order valence-corrected chi connectivity index (χ4v) is 2.90. The van der Waals surface area contributed by atoms with Crippen LogP contribution in [0.3, 0.4) is 0 Å². The molecule has 0 aliphatic rings. The Balaban J connectivity index is 2.11. The summed E-state index contributed by atoms with van der Waals surface area (Å²) in [4.78, 5) is 1.31. The van der Waals surface area contributed by atoms with Crippen LogP contribution >= 0.6 is 27.3 Å². The summed E-state index contributed by atoms with van der Waals surface area (Å²) in [6, 6.07) is 2.22. The predicted octanol–water partition coefficient (Wildman–Crippen LogP) is 2.43. The first-order valence-electron chi connectivity index (χ1n) is 5.28. The summed E-state index contributed by atoms with van der Waals surface area (Å²) in [5.74, 6) is 0. The van der Waals surface area contributed by atoms with Gasteiger partial charge in [0, 0.05) is 29.1 Å². The Hall–Kier alpha value is 0.0600. The fourth-order valence-electron chi connectivity index (χ4n) is 1.29. The largest absolute Gasteiger partial charge is 0.382 e. The molecule has 1 rings (SSSR count). The van der Waals surface area contributed by atoms with E-state index in [9.17, 15) is 0 Å². The number of hydrogen-bond donors (Lipinski definition) is 1. The molecule has 3 nitrogen and oxygen atoms in total. The predicted molar refractivity (Wildman–Crippen MR) is 71.0 cm³/mol. The lowest BCUT2D eigenvalue weighted by Crippen LogP contribution is -2.24. The second-order valence-corrected chi connectivity index (χ2v) is 5.40. The summed E-state index contributed by atoms with van der Waals surface area (Å²) in [6.07, 6.45) is 1.79. The van der Waals surface area contributed by atoms with E-state index in [1.807, 2.05) is 0 Å². The van der Waals surface area contributed by atoms with E-state index in [-0.39, 0.29) is 6.04 Å². The van der Waals surface area contributed by atoms with Crippen LogP contribution in [0.1, 0.15) is 11.3 Å². The van der Waals surface area contributed by atoms with Crippen LogP contribution in [0, 0.1) is 0 Å². The number of ether oxygens (including phenoxy) is 2. The van der Waals surface area contributed by atoms with Gasteiger partial charge in [-0.25, -0.2) is 0 Å². The molecule has 16 heavy (non-hydrogen) atoms. The maximum atomic E-state index is 6.02. The number of nitrogens with two attached hydrogens (primary N) is 1. The summed E-state index contributed by atoms with van der Waals surface area (Å²) in [5.41, 5.74) is 6.02. The van der Waals surface area contributed by atoms with Crippen molar-refractivity contribution in [3.05, 3.63) is 20.8 Å². The molecule has 0 aliphatic carbocycles. The molecule has 92 valence electrons. The Morgan fingerprint density at radius 2 is 2.25 bits per heavy atom. The van der Waals surface area contributed by atoms with Gasteiger partial charge in [-0.05, 0) is 40.2 Å². The lowest BCUT2D eigenvalue weighted by molar-refractivity contribution is 0.0672. The van der Waals surface area contributed by atoms with Crippen molar-refractivity contribution in [1.29, 1.82) is 0 Å². The molecule has 0 bridgehead atoms. The molecule has 1 unspecified atom stereocenters. The molecule has 0 aliphatic heterocycles. The van der Waals surface area contributed by atoms with E-state index in [0.29, 0.717) is 19.8 Å². The highest BCUT2D eigenvalue weighted by Crippen LogP contribution is 2.23. The standard InChI is InChI=1S/C11H18BrNO2S/c1-14-5-6-15-4-2-9(13)8-11-10(12)3-7-16-11/h3,7,9H,2,4-6,8,13H2,1H3. The van der Waals surface area contributed by atoms with Crippen molar-refractivity contribution in [3.63, 3.8) is 0 Å². The van der Waals surface area contributed by atoms with Crippen molar-refractivity contribution >= 4 is 27.3 Å². The monoisotopic (exact) mass is 307 g/mol. The van der Waals surface area contributed by atoms with E-state index in [1.54, 1.807) is 18.4 Å². The van der Waals surface area contributed by atoms with Gasteiger partial charge in [-0.2, -0.15) is 0 Å². The van der Waals surface area contributed by atoms with Crippen molar-refractivity contribution in [1.82, 2.24) is 0 Å². The lowest BCUT2D eigenvalue weighted by atomic mass is 10.1. The van der Waals surface area contributed by atoms with Crippen molar-refractivity contribution in [2.24, 2.45) is 5.73 Å². The average molecular weight is 308 g/mol. The molecule has 0 amide bonds. The molecule has 0 radical (unpaired) electrons. The molecule has 0 saturated heterocycles. The van der Waals surface area contributed by atoms with Gasteiger partial charge in [-0.15, -0.1) is 11.3 Å². The minimum absolute atomic E-state index is 0.164. The molecule has 2 N–H and O–H groups in total. The highest BCUT2D eigenvalue weighted by molar-refractivity contribution is 9.10. The fraction of sp³-hybridized carbons (Fsp3) is 0.636. The summed E-state index contributed by atoms with van der Waals surface area (Å²) in [7, 11) is 1.67. The smallest absolute Gasteiger partial charge is 0.0700 e. The second kappa shape index (κ2) is 8.20. The van der Waals surface area contributed by atoms with Crippen LogP contribution < -0.4 is 5.73 Å². The van der Waals surface area contributed by atoms with Crippen LogP contribution in [0.5, 0.6) is 0 Å². The van der Waals surface area contributed by atoms with E-state index in [1.165, 1.54) is 4.88 Å². The lowest BCUT2D eigenvalue weighted by Gasteiger charge is -2.11. The Morgan fingerprint density at radius 1 is 1.44 bits per heavy atom. The first kappa shape index (κ1) is 14.1. The van der Waals surface area contributed by atoms with Gasteiger partial charge in [0.25, 0.3) is 0 Å². The zero-order valence-electron chi connectivity index (χ0n) is 9.45. The van der Waals surface area contributed by atoms with E-state index >= 15 is 0 Å².